The summed E-state index contributed by atoms with van der Waals surface area (Å²) >= 11 is 0. The van der Waals surface area contributed by atoms with Crippen molar-refractivity contribution in [2.24, 2.45) is 7.05 Å². The third-order valence-electron chi connectivity index (χ3n) is 3.93. The third-order valence-corrected chi connectivity index (χ3v) is 3.93. The second-order valence-corrected chi connectivity index (χ2v) is 5.62. The van der Waals surface area contributed by atoms with Gasteiger partial charge in [0, 0.05) is 38.9 Å². The van der Waals surface area contributed by atoms with Crippen LogP contribution in [0.25, 0.3) is 0 Å². The maximum absolute atomic E-state index is 12.6. The summed E-state index contributed by atoms with van der Waals surface area (Å²) in [5, 5.41) is 7.47. The number of aryl methyl sites for hydroxylation is 1. The van der Waals surface area contributed by atoms with Gasteiger partial charge >= 0.3 is 0 Å². The maximum Gasteiger partial charge on any atom is 0.240 e. The van der Waals surface area contributed by atoms with Crippen LogP contribution in [0.1, 0.15) is 16.7 Å². The molecule has 0 bridgehead atoms. The van der Waals surface area contributed by atoms with Gasteiger partial charge < -0.3 is 10.2 Å². The summed E-state index contributed by atoms with van der Waals surface area (Å²) in [6.45, 7) is 1.35. The normalized spacial score (nSPS) is 17.3. The summed E-state index contributed by atoms with van der Waals surface area (Å²) in [6, 6.07) is 8.16. The lowest BCUT2D eigenvalue weighted by Gasteiger charge is -2.28. The quantitative estimate of drug-likeness (QED) is 0.918. The standard InChI is InChI=1S/C16H20N4O/c1-19(10-12-8-18-20(2)11-12)16(21)15-7-13-5-3-4-6-14(13)9-17-15/h3-6,8,11,15,17H,7,9-10H2,1-2H3. The van der Waals surface area contributed by atoms with Crippen LogP contribution in [0.15, 0.2) is 36.7 Å². The second-order valence-electron chi connectivity index (χ2n) is 5.62. The number of fused-ring (bicyclic) bond motifs is 1. The van der Waals surface area contributed by atoms with Crippen molar-refractivity contribution in [2.45, 2.75) is 25.6 Å². The van der Waals surface area contributed by atoms with Crippen molar-refractivity contribution < 1.29 is 4.79 Å². The first kappa shape index (κ1) is 13.8. The maximum atomic E-state index is 12.6. The Bertz CT molecular complexity index is 649. The van der Waals surface area contributed by atoms with Gasteiger partial charge in [-0.15, -0.1) is 0 Å². The topological polar surface area (TPSA) is 50.2 Å². The summed E-state index contributed by atoms with van der Waals surface area (Å²) in [6.07, 6.45) is 4.49. The Labute approximate surface area is 124 Å². The van der Waals surface area contributed by atoms with Gasteiger partial charge in [-0.25, -0.2) is 0 Å². The minimum Gasteiger partial charge on any atom is -0.340 e. The summed E-state index contributed by atoms with van der Waals surface area (Å²) in [4.78, 5) is 14.3. The molecule has 2 heterocycles. The van der Waals surface area contributed by atoms with Crippen LogP contribution in [-0.4, -0.2) is 33.7 Å². The number of hydrogen-bond acceptors (Lipinski definition) is 3. The van der Waals surface area contributed by atoms with Crippen molar-refractivity contribution in [1.29, 1.82) is 0 Å². The van der Waals surface area contributed by atoms with Crippen LogP contribution in [-0.2, 0) is 31.4 Å². The Kier molecular flexibility index (Phi) is 3.75. The smallest absolute Gasteiger partial charge is 0.240 e. The van der Waals surface area contributed by atoms with Crippen LogP contribution < -0.4 is 5.32 Å². The fraction of sp³-hybridized carbons (Fsp3) is 0.375. The van der Waals surface area contributed by atoms with E-state index in [9.17, 15) is 4.79 Å². The molecule has 5 heteroatoms. The van der Waals surface area contributed by atoms with Crippen LogP contribution in [0.2, 0.25) is 0 Å². The molecule has 0 aliphatic carbocycles. The van der Waals surface area contributed by atoms with Gasteiger partial charge in [0.25, 0.3) is 0 Å². The Hall–Kier alpha value is -2.14. The van der Waals surface area contributed by atoms with E-state index >= 15 is 0 Å². The molecule has 1 atom stereocenters. The zero-order chi connectivity index (χ0) is 14.8. The van der Waals surface area contributed by atoms with Crippen molar-refractivity contribution in [3.63, 3.8) is 0 Å². The molecule has 3 rings (SSSR count). The molecule has 1 aromatic carbocycles. The summed E-state index contributed by atoms with van der Waals surface area (Å²) in [5.41, 5.74) is 3.60. The zero-order valence-electron chi connectivity index (χ0n) is 12.4. The highest BCUT2D eigenvalue weighted by atomic mass is 16.2. The van der Waals surface area contributed by atoms with Gasteiger partial charge in [-0.05, 0) is 17.5 Å². The van der Waals surface area contributed by atoms with E-state index in [0.717, 1.165) is 18.5 Å². The molecule has 0 saturated carbocycles. The third kappa shape index (κ3) is 2.97. The molecule has 5 nitrogen and oxygen atoms in total. The van der Waals surface area contributed by atoms with Crippen LogP contribution in [0.5, 0.6) is 0 Å². The Morgan fingerprint density at radius 1 is 1.43 bits per heavy atom. The molecular formula is C16H20N4O. The summed E-state index contributed by atoms with van der Waals surface area (Å²) < 4.78 is 1.75. The molecule has 0 spiro atoms. The number of carbonyl (C=O) groups is 1. The second kappa shape index (κ2) is 5.69. The first-order valence-electron chi connectivity index (χ1n) is 7.16. The van der Waals surface area contributed by atoms with E-state index in [4.69, 9.17) is 0 Å². The molecule has 0 fully saturated rings. The van der Waals surface area contributed by atoms with Gasteiger partial charge in [0.1, 0.15) is 0 Å². The van der Waals surface area contributed by atoms with Gasteiger partial charge in [0.05, 0.1) is 12.2 Å². The summed E-state index contributed by atoms with van der Waals surface area (Å²) in [7, 11) is 3.72. The van der Waals surface area contributed by atoms with Crippen LogP contribution in [0.4, 0.5) is 0 Å². The highest BCUT2D eigenvalue weighted by Crippen LogP contribution is 2.17. The molecule has 110 valence electrons. The van der Waals surface area contributed by atoms with E-state index in [0.29, 0.717) is 6.54 Å². The number of aromatic nitrogens is 2. The van der Waals surface area contributed by atoms with Crippen molar-refractivity contribution in [3.8, 4) is 0 Å². The van der Waals surface area contributed by atoms with E-state index in [1.54, 1.807) is 15.8 Å². The number of benzene rings is 1. The number of carbonyl (C=O) groups excluding carboxylic acids is 1. The molecule has 0 radical (unpaired) electrons. The zero-order valence-corrected chi connectivity index (χ0v) is 12.4. The minimum absolute atomic E-state index is 0.133. The van der Waals surface area contributed by atoms with Gasteiger partial charge in [0.2, 0.25) is 5.91 Å². The van der Waals surface area contributed by atoms with Crippen molar-refractivity contribution >= 4 is 5.91 Å². The molecule has 1 aliphatic rings. The lowest BCUT2D eigenvalue weighted by Crippen LogP contribution is -2.47. The van der Waals surface area contributed by atoms with Gasteiger partial charge in [0.15, 0.2) is 0 Å². The van der Waals surface area contributed by atoms with Crippen LogP contribution in [0.3, 0.4) is 0 Å². The summed E-state index contributed by atoms with van der Waals surface area (Å²) in [5.74, 6) is 0.133. The van der Waals surface area contributed by atoms with E-state index < -0.39 is 0 Å². The average molecular weight is 284 g/mol. The predicted molar refractivity (Wildman–Crippen MR) is 80.5 cm³/mol. The number of likely N-dealkylation sites (N-methyl/N-ethyl adjacent to an activating group) is 1. The average Bonchev–Trinajstić information content (AvgIpc) is 2.91. The van der Waals surface area contributed by atoms with E-state index in [1.165, 1.54) is 11.1 Å². The van der Waals surface area contributed by atoms with Crippen LogP contribution >= 0.6 is 0 Å². The first-order chi connectivity index (χ1) is 10.1. The Morgan fingerprint density at radius 3 is 2.90 bits per heavy atom. The largest absolute Gasteiger partial charge is 0.340 e. The van der Waals surface area contributed by atoms with Gasteiger partial charge in [-0.2, -0.15) is 5.10 Å². The first-order valence-corrected chi connectivity index (χ1v) is 7.16. The van der Waals surface area contributed by atoms with Gasteiger partial charge in [-0.3, -0.25) is 9.48 Å². The van der Waals surface area contributed by atoms with Crippen molar-refractivity contribution in [3.05, 3.63) is 53.3 Å². The monoisotopic (exact) mass is 284 g/mol. The molecule has 1 N–H and O–H groups in total. The number of nitrogens with zero attached hydrogens (tertiary/aromatic N) is 3. The number of rotatable bonds is 3. The molecule has 2 aromatic rings. The molecule has 1 unspecified atom stereocenters. The number of nitrogens with one attached hydrogen (secondary N) is 1. The highest BCUT2D eigenvalue weighted by Gasteiger charge is 2.26. The predicted octanol–water partition coefficient (Wildman–Crippen LogP) is 1.09. The van der Waals surface area contributed by atoms with Gasteiger partial charge in [-0.1, -0.05) is 24.3 Å². The fourth-order valence-electron chi connectivity index (χ4n) is 2.80. The van der Waals surface area contributed by atoms with E-state index in [2.05, 4.69) is 22.5 Å². The fourth-order valence-corrected chi connectivity index (χ4v) is 2.80. The Morgan fingerprint density at radius 2 is 2.19 bits per heavy atom. The lowest BCUT2D eigenvalue weighted by atomic mass is 9.95. The molecule has 21 heavy (non-hydrogen) atoms. The van der Waals surface area contributed by atoms with Crippen LogP contribution in [0, 0.1) is 0 Å². The minimum atomic E-state index is -0.137. The molecule has 0 saturated heterocycles. The lowest BCUT2D eigenvalue weighted by molar-refractivity contribution is -0.132. The number of amides is 1. The van der Waals surface area contributed by atoms with E-state index in [1.807, 2.05) is 32.4 Å². The Balaban J connectivity index is 1.66. The molecular weight excluding hydrogens is 264 g/mol. The SMILES string of the molecule is CN(Cc1cnn(C)c1)C(=O)C1Cc2ccccc2CN1. The molecule has 1 aliphatic heterocycles. The number of hydrogen-bond donors (Lipinski definition) is 1. The van der Waals surface area contributed by atoms with E-state index in [-0.39, 0.29) is 11.9 Å². The highest BCUT2D eigenvalue weighted by molar-refractivity contribution is 5.82. The van der Waals surface area contributed by atoms with Crippen molar-refractivity contribution in [2.75, 3.05) is 7.05 Å². The van der Waals surface area contributed by atoms with Crippen molar-refractivity contribution in [1.82, 2.24) is 20.0 Å². The molecule has 1 aromatic heterocycles. The molecule has 1 amide bonds.